The highest BCUT2D eigenvalue weighted by molar-refractivity contribution is 7.89. The maximum Gasteiger partial charge on any atom is 0.240 e. The minimum atomic E-state index is -3.62. The van der Waals surface area contributed by atoms with Gasteiger partial charge in [-0.1, -0.05) is 0 Å². The van der Waals surface area contributed by atoms with E-state index in [1.165, 1.54) is 20.3 Å². The van der Waals surface area contributed by atoms with Crippen LogP contribution in [0.5, 0.6) is 5.75 Å². The van der Waals surface area contributed by atoms with Crippen molar-refractivity contribution in [3.05, 3.63) is 23.8 Å². The summed E-state index contributed by atoms with van der Waals surface area (Å²) in [5, 5.41) is 0. The van der Waals surface area contributed by atoms with Crippen molar-refractivity contribution in [2.45, 2.75) is 24.3 Å². The van der Waals surface area contributed by atoms with E-state index in [0.29, 0.717) is 11.3 Å². The fraction of sp³-hybridized carbons (Fsp3) is 0.571. The molecule has 1 aromatic rings. The predicted octanol–water partition coefficient (Wildman–Crippen LogP) is 1.33. The molecule has 0 radical (unpaired) electrons. The molecule has 0 spiro atoms. The molecule has 0 bridgehead atoms. The fourth-order valence-corrected chi connectivity index (χ4v) is 3.24. The molecule has 1 rings (SSSR count). The molecular formula is C14H23NO5S. The Hall–Kier alpha value is -1.15. The van der Waals surface area contributed by atoms with Crippen LogP contribution in [0.25, 0.3) is 0 Å². The molecule has 0 fully saturated rings. The minimum absolute atomic E-state index is 0.116. The SMILES string of the molecule is COC[C@@](C)(CNS(=O)(=O)c1ccc(OC)cc1C)OC. The summed E-state index contributed by atoms with van der Waals surface area (Å²) in [7, 11) is 0.980. The van der Waals surface area contributed by atoms with Crippen LogP contribution in [-0.4, -0.2) is 48.5 Å². The van der Waals surface area contributed by atoms with Crippen molar-refractivity contribution in [1.29, 1.82) is 0 Å². The summed E-state index contributed by atoms with van der Waals surface area (Å²) in [6.45, 7) is 3.90. The van der Waals surface area contributed by atoms with Gasteiger partial charge in [0.2, 0.25) is 10.0 Å². The summed E-state index contributed by atoms with van der Waals surface area (Å²) in [6, 6.07) is 4.82. The Balaban J connectivity index is 2.92. The lowest BCUT2D eigenvalue weighted by molar-refractivity contribution is -0.0460. The van der Waals surface area contributed by atoms with Crippen molar-refractivity contribution in [2.75, 3.05) is 34.5 Å². The highest BCUT2D eigenvalue weighted by Crippen LogP contribution is 2.21. The Morgan fingerprint density at radius 2 is 1.90 bits per heavy atom. The maximum atomic E-state index is 12.4. The van der Waals surface area contributed by atoms with Crippen molar-refractivity contribution in [3.8, 4) is 5.75 Å². The molecule has 120 valence electrons. The fourth-order valence-electron chi connectivity index (χ4n) is 1.86. The lowest BCUT2D eigenvalue weighted by Crippen LogP contribution is -2.45. The van der Waals surface area contributed by atoms with Gasteiger partial charge in [0.05, 0.1) is 18.6 Å². The van der Waals surface area contributed by atoms with Gasteiger partial charge in [-0.2, -0.15) is 0 Å². The maximum absolute atomic E-state index is 12.4. The number of hydrogen-bond acceptors (Lipinski definition) is 5. The summed E-state index contributed by atoms with van der Waals surface area (Å²) in [5.74, 6) is 0.618. The third-order valence-electron chi connectivity index (χ3n) is 3.25. The van der Waals surface area contributed by atoms with Crippen molar-refractivity contribution >= 4 is 10.0 Å². The summed E-state index contributed by atoms with van der Waals surface area (Å²) >= 11 is 0. The second kappa shape index (κ2) is 7.22. The number of methoxy groups -OCH3 is 3. The number of benzene rings is 1. The zero-order valence-electron chi connectivity index (χ0n) is 13.1. The zero-order chi connectivity index (χ0) is 16.1. The second-order valence-corrected chi connectivity index (χ2v) is 6.78. The first-order chi connectivity index (χ1) is 9.78. The van der Waals surface area contributed by atoms with Crippen LogP contribution in [-0.2, 0) is 19.5 Å². The van der Waals surface area contributed by atoms with Crippen molar-refractivity contribution < 1.29 is 22.6 Å². The van der Waals surface area contributed by atoms with Gasteiger partial charge < -0.3 is 14.2 Å². The number of rotatable bonds is 8. The Morgan fingerprint density at radius 3 is 2.38 bits per heavy atom. The average Bonchev–Trinajstić information content (AvgIpc) is 2.45. The van der Waals surface area contributed by atoms with Crippen molar-refractivity contribution in [2.24, 2.45) is 0 Å². The quantitative estimate of drug-likeness (QED) is 0.783. The van der Waals surface area contributed by atoms with E-state index >= 15 is 0 Å². The van der Waals surface area contributed by atoms with E-state index in [-0.39, 0.29) is 18.0 Å². The van der Waals surface area contributed by atoms with Gasteiger partial charge in [-0.05, 0) is 37.6 Å². The number of sulfonamides is 1. The molecule has 6 nitrogen and oxygen atoms in total. The lowest BCUT2D eigenvalue weighted by Gasteiger charge is -2.27. The topological polar surface area (TPSA) is 73.9 Å². The number of nitrogens with one attached hydrogen (secondary N) is 1. The van der Waals surface area contributed by atoms with Gasteiger partial charge >= 0.3 is 0 Å². The van der Waals surface area contributed by atoms with Gasteiger partial charge in [-0.25, -0.2) is 13.1 Å². The normalized spacial score (nSPS) is 14.7. The molecule has 0 aliphatic heterocycles. The van der Waals surface area contributed by atoms with E-state index in [0.717, 1.165) is 0 Å². The molecule has 0 saturated heterocycles. The number of aryl methyl sites for hydroxylation is 1. The van der Waals surface area contributed by atoms with E-state index in [9.17, 15) is 8.42 Å². The molecular weight excluding hydrogens is 294 g/mol. The van der Waals surface area contributed by atoms with Gasteiger partial charge in [0.1, 0.15) is 11.4 Å². The van der Waals surface area contributed by atoms with E-state index in [2.05, 4.69) is 4.72 Å². The van der Waals surface area contributed by atoms with Crippen LogP contribution in [0, 0.1) is 6.92 Å². The summed E-state index contributed by atoms with van der Waals surface area (Å²) < 4.78 is 42.7. The smallest absolute Gasteiger partial charge is 0.240 e. The first-order valence-corrected chi connectivity index (χ1v) is 7.95. The Bertz CT molecular complexity index is 573. The third-order valence-corrected chi connectivity index (χ3v) is 4.81. The van der Waals surface area contributed by atoms with Crippen molar-refractivity contribution in [1.82, 2.24) is 4.72 Å². The predicted molar refractivity (Wildman–Crippen MR) is 80.2 cm³/mol. The van der Waals surface area contributed by atoms with Crippen molar-refractivity contribution in [3.63, 3.8) is 0 Å². The van der Waals surface area contributed by atoms with E-state index in [1.807, 2.05) is 0 Å². The molecule has 0 aromatic heterocycles. The highest BCUT2D eigenvalue weighted by Gasteiger charge is 2.27. The molecule has 1 N–H and O–H groups in total. The van der Waals surface area contributed by atoms with E-state index in [4.69, 9.17) is 14.2 Å². The first-order valence-electron chi connectivity index (χ1n) is 6.46. The Kier molecular flexibility index (Phi) is 6.15. The Morgan fingerprint density at radius 1 is 1.24 bits per heavy atom. The van der Waals surface area contributed by atoms with Crippen LogP contribution in [0.15, 0.2) is 23.1 Å². The number of hydrogen-bond donors (Lipinski definition) is 1. The molecule has 7 heteroatoms. The lowest BCUT2D eigenvalue weighted by atomic mass is 10.1. The van der Waals surface area contributed by atoms with Crippen LogP contribution in [0.3, 0.4) is 0 Å². The second-order valence-electron chi connectivity index (χ2n) is 5.04. The van der Waals surface area contributed by atoms with Crippen LogP contribution in [0.2, 0.25) is 0 Å². The molecule has 0 saturated carbocycles. The van der Waals surface area contributed by atoms with Crippen LogP contribution < -0.4 is 9.46 Å². The van der Waals surface area contributed by atoms with E-state index in [1.54, 1.807) is 33.1 Å². The highest BCUT2D eigenvalue weighted by atomic mass is 32.2. The monoisotopic (exact) mass is 317 g/mol. The first kappa shape index (κ1) is 17.9. The van der Waals surface area contributed by atoms with Gasteiger partial charge in [0, 0.05) is 20.8 Å². The molecule has 0 aliphatic carbocycles. The Labute approximate surface area is 126 Å². The number of ether oxygens (including phenoxy) is 3. The third kappa shape index (κ3) is 4.67. The van der Waals surface area contributed by atoms with Crippen LogP contribution in [0.4, 0.5) is 0 Å². The molecule has 0 heterocycles. The molecule has 1 aromatic carbocycles. The van der Waals surface area contributed by atoms with Gasteiger partial charge in [0.25, 0.3) is 0 Å². The van der Waals surface area contributed by atoms with Gasteiger partial charge in [-0.3, -0.25) is 0 Å². The summed E-state index contributed by atoms with van der Waals surface area (Å²) in [4.78, 5) is 0.221. The van der Waals surface area contributed by atoms with Gasteiger partial charge in [-0.15, -0.1) is 0 Å². The minimum Gasteiger partial charge on any atom is -0.497 e. The summed E-state index contributed by atoms with van der Waals surface area (Å²) in [5.41, 5.74) is -0.102. The van der Waals surface area contributed by atoms with Crippen LogP contribution in [0.1, 0.15) is 12.5 Å². The van der Waals surface area contributed by atoms with Gasteiger partial charge in [0.15, 0.2) is 0 Å². The average molecular weight is 317 g/mol. The van der Waals surface area contributed by atoms with E-state index < -0.39 is 15.6 Å². The zero-order valence-corrected chi connectivity index (χ0v) is 13.9. The molecule has 0 aliphatic rings. The molecule has 1 atom stereocenters. The standard InChI is InChI=1S/C14H23NO5S/c1-11-8-12(19-4)6-7-13(11)21(16,17)15-9-14(2,20-5)10-18-3/h6-8,15H,9-10H2,1-5H3/t14-/m1/s1. The summed E-state index contributed by atoms with van der Waals surface area (Å²) in [6.07, 6.45) is 0. The molecule has 0 unspecified atom stereocenters. The van der Waals surface area contributed by atoms with Crippen LogP contribution >= 0.6 is 0 Å². The molecule has 21 heavy (non-hydrogen) atoms. The largest absolute Gasteiger partial charge is 0.497 e. The molecule has 0 amide bonds.